The minimum Gasteiger partial charge on any atom is -0.448 e. The second-order valence-electron chi connectivity index (χ2n) is 3.80. The monoisotopic (exact) mass is 279 g/mol. The number of nitrogens with zero attached hydrogens (tertiary/aromatic N) is 1. The predicted molar refractivity (Wildman–Crippen MR) is 58.1 cm³/mol. The summed E-state index contributed by atoms with van der Waals surface area (Å²) in [6.45, 7) is 0. The van der Waals surface area contributed by atoms with E-state index in [9.17, 15) is 22.8 Å². The van der Waals surface area contributed by atoms with Gasteiger partial charge >= 0.3 is 6.16 Å². The molecule has 0 aromatic heterocycles. The van der Waals surface area contributed by atoms with Gasteiger partial charge in [-0.2, -0.15) is 0 Å². The first-order chi connectivity index (χ1) is 8.32. The van der Waals surface area contributed by atoms with Crippen molar-refractivity contribution in [3.63, 3.8) is 0 Å². The summed E-state index contributed by atoms with van der Waals surface area (Å²) in [5.41, 5.74) is 0. The van der Waals surface area contributed by atoms with E-state index < -0.39 is 27.8 Å². The standard InChI is InChI=1S/C5H5NO5.C4H8O2S/c7-3-1-2-4(8)6(3)11-5(9)10;5-7(6)3-1-2-4-7/h1-2H2,(H,9,10);1-4H2. The van der Waals surface area contributed by atoms with Crippen LogP contribution in [0, 0.1) is 0 Å². The topological polar surface area (TPSA) is 118 Å². The van der Waals surface area contributed by atoms with E-state index in [-0.39, 0.29) is 17.9 Å². The molecule has 1 N–H and O–H groups in total. The molecular formula is C9H13NO7S. The highest BCUT2D eigenvalue weighted by Gasteiger charge is 2.32. The van der Waals surface area contributed by atoms with Gasteiger partial charge in [0, 0.05) is 12.8 Å². The van der Waals surface area contributed by atoms with Gasteiger partial charge in [0.2, 0.25) is 0 Å². The summed E-state index contributed by atoms with van der Waals surface area (Å²) < 4.78 is 20.9. The molecule has 0 atom stereocenters. The SMILES string of the molecule is O=C(O)ON1C(=O)CCC1=O.O=S1(=O)CCCC1. The van der Waals surface area contributed by atoms with E-state index in [0.717, 1.165) is 12.8 Å². The third-order valence-corrected chi connectivity index (χ3v) is 4.16. The summed E-state index contributed by atoms with van der Waals surface area (Å²) >= 11 is 0. The molecule has 9 heteroatoms. The maximum absolute atomic E-state index is 10.6. The van der Waals surface area contributed by atoms with E-state index in [4.69, 9.17) is 5.11 Å². The van der Waals surface area contributed by atoms with Crippen LogP contribution >= 0.6 is 0 Å². The molecule has 0 spiro atoms. The van der Waals surface area contributed by atoms with Crippen LogP contribution in [0.15, 0.2) is 0 Å². The predicted octanol–water partition coefficient (Wildman–Crippen LogP) is -0.0600. The lowest BCUT2D eigenvalue weighted by atomic mass is 10.4. The zero-order chi connectivity index (χ0) is 13.8. The third-order valence-electron chi connectivity index (χ3n) is 2.34. The van der Waals surface area contributed by atoms with Crippen molar-refractivity contribution >= 4 is 27.8 Å². The zero-order valence-corrected chi connectivity index (χ0v) is 10.3. The summed E-state index contributed by atoms with van der Waals surface area (Å²) in [6, 6.07) is 0. The van der Waals surface area contributed by atoms with Crippen LogP contribution in [0.3, 0.4) is 0 Å². The molecule has 2 fully saturated rings. The van der Waals surface area contributed by atoms with Crippen LogP contribution in [0.5, 0.6) is 0 Å². The van der Waals surface area contributed by atoms with E-state index in [1.807, 2.05) is 0 Å². The number of hydrogen-bond donors (Lipinski definition) is 1. The third kappa shape index (κ3) is 4.32. The first kappa shape index (κ1) is 14.4. The van der Waals surface area contributed by atoms with Crippen LogP contribution in [0.4, 0.5) is 4.79 Å². The number of sulfone groups is 1. The molecule has 0 aromatic rings. The minimum absolute atomic E-state index is 0.0200. The molecule has 2 amide bonds. The lowest BCUT2D eigenvalue weighted by molar-refractivity contribution is -0.175. The maximum atomic E-state index is 10.6. The Morgan fingerprint density at radius 3 is 1.83 bits per heavy atom. The fourth-order valence-electron chi connectivity index (χ4n) is 1.48. The highest BCUT2D eigenvalue weighted by atomic mass is 32.2. The van der Waals surface area contributed by atoms with E-state index in [0.29, 0.717) is 11.5 Å². The molecule has 0 aromatic carbocycles. The maximum Gasteiger partial charge on any atom is 0.531 e. The van der Waals surface area contributed by atoms with Gasteiger partial charge < -0.3 is 5.11 Å². The second kappa shape index (κ2) is 5.80. The quantitative estimate of drug-likeness (QED) is 0.668. The largest absolute Gasteiger partial charge is 0.531 e. The average Bonchev–Trinajstić information content (AvgIpc) is 2.79. The molecule has 2 aliphatic heterocycles. The molecule has 0 aliphatic carbocycles. The first-order valence-electron chi connectivity index (χ1n) is 5.29. The van der Waals surface area contributed by atoms with Crippen molar-refractivity contribution in [2.24, 2.45) is 0 Å². The second-order valence-corrected chi connectivity index (χ2v) is 6.10. The van der Waals surface area contributed by atoms with Crippen LogP contribution in [-0.4, -0.2) is 48.1 Å². The highest BCUT2D eigenvalue weighted by molar-refractivity contribution is 7.91. The Hall–Kier alpha value is -1.64. The summed E-state index contributed by atoms with van der Waals surface area (Å²) in [5, 5.41) is 8.31. The number of hydroxylamine groups is 2. The molecule has 2 aliphatic rings. The number of rotatable bonds is 1. The number of imide groups is 1. The van der Waals surface area contributed by atoms with Crippen molar-refractivity contribution in [3.05, 3.63) is 0 Å². The fourth-order valence-corrected chi connectivity index (χ4v) is 2.97. The van der Waals surface area contributed by atoms with Gasteiger partial charge in [-0.1, -0.05) is 5.06 Å². The zero-order valence-electron chi connectivity index (χ0n) is 9.49. The first-order valence-corrected chi connectivity index (χ1v) is 7.11. The molecule has 0 bridgehead atoms. The van der Waals surface area contributed by atoms with Crippen molar-refractivity contribution in [2.75, 3.05) is 11.5 Å². The molecule has 2 heterocycles. The molecule has 0 radical (unpaired) electrons. The minimum atomic E-state index is -2.55. The smallest absolute Gasteiger partial charge is 0.448 e. The van der Waals surface area contributed by atoms with Crippen molar-refractivity contribution in [2.45, 2.75) is 25.7 Å². The number of amides is 2. The lowest BCUT2D eigenvalue weighted by Crippen LogP contribution is -2.31. The average molecular weight is 279 g/mol. The van der Waals surface area contributed by atoms with Gasteiger partial charge in [0.1, 0.15) is 9.84 Å². The molecule has 2 saturated heterocycles. The Bertz CT molecular complexity index is 428. The number of carboxylic acid groups (broad SMARTS) is 1. The van der Waals surface area contributed by atoms with Gasteiger partial charge in [0.05, 0.1) is 11.5 Å². The van der Waals surface area contributed by atoms with Crippen molar-refractivity contribution in [3.8, 4) is 0 Å². The van der Waals surface area contributed by atoms with Crippen LogP contribution in [0.1, 0.15) is 25.7 Å². The molecule has 8 nitrogen and oxygen atoms in total. The number of hydrogen-bond acceptors (Lipinski definition) is 6. The van der Waals surface area contributed by atoms with Crippen molar-refractivity contribution < 1.29 is 32.7 Å². The molecule has 2 rings (SSSR count). The Morgan fingerprint density at radius 1 is 1.11 bits per heavy atom. The van der Waals surface area contributed by atoms with Crippen LogP contribution in [0.25, 0.3) is 0 Å². The Kier molecular flexibility index (Phi) is 4.65. The number of carbonyl (C=O) groups is 3. The number of carbonyl (C=O) groups excluding carboxylic acids is 2. The highest BCUT2D eigenvalue weighted by Crippen LogP contribution is 2.11. The Labute approximate surface area is 103 Å². The molecule has 18 heavy (non-hydrogen) atoms. The van der Waals surface area contributed by atoms with Gasteiger partial charge in [-0.05, 0) is 12.8 Å². The van der Waals surface area contributed by atoms with Gasteiger partial charge in [-0.3, -0.25) is 14.4 Å². The summed E-state index contributed by atoms with van der Waals surface area (Å²) in [4.78, 5) is 35.0. The summed E-state index contributed by atoms with van der Waals surface area (Å²) in [5.74, 6) is -0.380. The van der Waals surface area contributed by atoms with Crippen molar-refractivity contribution in [1.82, 2.24) is 5.06 Å². The lowest BCUT2D eigenvalue weighted by Gasteiger charge is -2.08. The molecule has 102 valence electrons. The Balaban J connectivity index is 0.000000199. The summed E-state index contributed by atoms with van der Waals surface area (Å²) in [6.07, 6.45) is 0.136. The van der Waals surface area contributed by atoms with Gasteiger partial charge in [-0.15, -0.1) is 0 Å². The van der Waals surface area contributed by atoms with Gasteiger partial charge in [0.15, 0.2) is 0 Å². The Morgan fingerprint density at radius 2 is 1.56 bits per heavy atom. The van der Waals surface area contributed by atoms with E-state index in [1.54, 1.807) is 0 Å². The van der Waals surface area contributed by atoms with E-state index in [2.05, 4.69) is 4.84 Å². The van der Waals surface area contributed by atoms with E-state index >= 15 is 0 Å². The van der Waals surface area contributed by atoms with Crippen LogP contribution in [-0.2, 0) is 24.3 Å². The van der Waals surface area contributed by atoms with E-state index in [1.165, 1.54) is 0 Å². The normalized spacial score (nSPS) is 21.4. The molecular weight excluding hydrogens is 266 g/mol. The van der Waals surface area contributed by atoms with Crippen molar-refractivity contribution in [1.29, 1.82) is 0 Å². The fraction of sp³-hybridized carbons (Fsp3) is 0.667. The van der Waals surface area contributed by atoms with Gasteiger partial charge in [0.25, 0.3) is 11.8 Å². The van der Waals surface area contributed by atoms with Gasteiger partial charge in [-0.25, -0.2) is 13.2 Å². The molecule has 0 saturated carbocycles. The summed E-state index contributed by atoms with van der Waals surface area (Å²) in [7, 11) is -2.55. The molecule has 0 unspecified atom stereocenters. The van der Waals surface area contributed by atoms with Crippen LogP contribution in [0.2, 0.25) is 0 Å². The van der Waals surface area contributed by atoms with Crippen LogP contribution < -0.4 is 0 Å².